The Morgan fingerprint density at radius 1 is 0.815 bits per heavy atom. The number of hydrogen-bond donors (Lipinski definition) is 0. The number of halogens is 12. The van der Waals surface area contributed by atoms with E-state index in [0.29, 0.717) is 0 Å². The minimum atomic E-state index is -7.63. The zero-order valence-electron chi connectivity index (χ0n) is 13.8. The summed E-state index contributed by atoms with van der Waals surface area (Å²) >= 11 is 0. The van der Waals surface area contributed by atoms with Crippen LogP contribution in [0.2, 0.25) is 0 Å². The lowest BCUT2D eigenvalue weighted by Crippen LogP contribution is -2.69. The van der Waals surface area contributed by atoms with Crippen LogP contribution in [0.5, 0.6) is 0 Å². The average molecular weight is 430 g/mol. The molecule has 0 aromatic carbocycles. The number of esters is 1. The second-order valence-electron chi connectivity index (χ2n) is 6.16. The van der Waals surface area contributed by atoms with Crippen molar-refractivity contribution in [1.82, 2.24) is 0 Å². The van der Waals surface area contributed by atoms with Crippen molar-refractivity contribution in [2.24, 2.45) is 5.41 Å². The number of rotatable bonds is 9. The summed E-state index contributed by atoms with van der Waals surface area (Å²) in [4.78, 5) is 11.4. The highest BCUT2D eigenvalue weighted by atomic mass is 19.4. The van der Waals surface area contributed by atoms with Crippen molar-refractivity contribution in [3.05, 3.63) is 0 Å². The fourth-order valence-corrected chi connectivity index (χ4v) is 1.36. The normalized spacial score (nSPS) is 15.3. The van der Waals surface area contributed by atoms with Crippen LogP contribution >= 0.6 is 0 Å². The average Bonchev–Trinajstić information content (AvgIpc) is 2.51. The highest BCUT2D eigenvalue weighted by Crippen LogP contribution is 2.58. The zero-order valence-corrected chi connectivity index (χ0v) is 13.8. The maximum absolute atomic E-state index is 13.4. The Labute approximate surface area is 144 Å². The molecule has 0 aliphatic carbocycles. The van der Waals surface area contributed by atoms with Gasteiger partial charge in [-0.2, -0.15) is 43.9 Å². The van der Waals surface area contributed by atoms with Gasteiger partial charge in [0.15, 0.2) is 6.61 Å². The third kappa shape index (κ3) is 4.08. The molecule has 2 nitrogen and oxygen atoms in total. The molecule has 0 aromatic heterocycles. The Bertz CT molecular complexity index is 541. The van der Waals surface area contributed by atoms with Crippen molar-refractivity contribution in [1.29, 1.82) is 0 Å². The summed E-state index contributed by atoms with van der Waals surface area (Å²) in [5, 5.41) is 0. The second kappa shape index (κ2) is 7.22. The van der Waals surface area contributed by atoms with Gasteiger partial charge in [-0.25, -0.2) is 8.78 Å². The first-order valence-electron chi connectivity index (χ1n) is 6.98. The van der Waals surface area contributed by atoms with E-state index in [1.165, 1.54) is 6.92 Å². The van der Waals surface area contributed by atoms with Crippen LogP contribution in [0.4, 0.5) is 52.7 Å². The van der Waals surface area contributed by atoms with Gasteiger partial charge in [0.05, 0.1) is 5.41 Å². The molecule has 27 heavy (non-hydrogen) atoms. The van der Waals surface area contributed by atoms with Crippen molar-refractivity contribution in [2.45, 2.75) is 63.2 Å². The maximum Gasteiger partial charge on any atom is 0.384 e. The molecule has 0 fully saturated rings. The van der Waals surface area contributed by atoms with Gasteiger partial charge in [0.2, 0.25) is 0 Å². The summed E-state index contributed by atoms with van der Waals surface area (Å²) in [6.07, 6.45) is -5.66. The summed E-state index contributed by atoms with van der Waals surface area (Å²) in [6.45, 7) is 0.610. The first-order valence-corrected chi connectivity index (χ1v) is 6.98. The van der Waals surface area contributed by atoms with Gasteiger partial charge in [0, 0.05) is 0 Å². The molecular formula is C13H14F12O2. The van der Waals surface area contributed by atoms with E-state index in [9.17, 15) is 57.5 Å². The van der Waals surface area contributed by atoms with E-state index in [4.69, 9.17) is 0 Å². The SMILES string of the molecule is CCC(C)(C)C(=O)OCC(F)(F)C(F)(F)C(F)(F)C(F)(F)C(F)(F)C(F)F. The van der Waals surface area contributed by atoms with E-state index in [-0.39, 0.29) is 6.42 Å². The minimum Gasteiger partial charge on any atom is -0.459 e. The molecule has 0 aliphatic rings. The van der Waals surface area contributed by atoms with Gasteiger partial charge < -0.3 is 4.74 Å². The van der Waals surface area contributed by atoms with E-state index in [1.54, 1.807) is 0 Å². The standard InChI is InChI=1S/C13H14F12O2/c1-4-8(2,3)7(26)27-5-9(16,17)11(20,21)13(24,25)12(22,23)10(18,19)6(14)15/h6H,4-5H2,1-3H3. The Kier molecular flexibility index (Phi) is 6.86. The van der Waals surface area contributed by atoms with Crippen LogP contribution < -0.4 is 0 Å². The number of carbonyl (C=O) groups excluding carboxylic acids is 1. The lowest BCUT2D eigenvalue weighted by atomic mass is 9.90. The fourth-order valence-electron chi connectivity index (χ4n) is 1.36. The summed E-state index contributed by atoms with van der Waals surface area (Å²) in [7, 11) is 0. The molecule has 0 rings (SSSR count). The zero-order chi connectivity index (χ0) is 22.3. The summed E-state index contributed by atoms with van der Waals surface area (Å²) < 4.78 is 159. The van der Waals surface area contributed by atoms with Crippen molar-refractivity contribution in [3.63, 3.8) is 0 Å². The molecular weight excluding hydrogens is 416 g/mol. The molecule has 0 N–H and O–H groups in total. The molecule has 0 radical (unpaired) electrons. The topological polar surface area (TPSA) is 26.3 Å². The Morgan fingerprint density at radius 2 is 1.22 bits per heavy atom. The fraction of sp³-hybridized carbons (Fsp3) is 0.923. The van der Waals surface area contributed by atoms with Crippen LogP contribution in [0.3, 0.4) is 0 Å². The lowest BCUT2D eigenvalue weighted by Gasteiger charge is -2.39. The molecule has 0 atom stereocenters. The van der Waals surface area contributed by atoms with Crippen LogP contribution in [-0.2, 0) is 9.53 Å². The van der Waals surface area contributed by atoms with Crippen molar-refractivity contribution in [3.8, 4) is 0 Å². The monoisotopic (exact) mass is 430 g/mol. The van der Waals surface area contributed by atoms with Crippen LogP contribution in [-0.4, -0.2) is 48.6 Å². The molecule has 14 heteroatoms. The summed E-state index contributed by atoms with van der Waals surface area (Å²) in [6, 6.07) is 0. The molecule has 0 aliphatic heterocycles. The van der Waals surface area contributed by atoms with Gasteiger partial charge in [-0.05, 0) is 20.3 Å². The van der Waals surface area contributed by atoms with Gasteiger partial charge in [-0.15, -0.1) is 0 Å². The van der Waals surface area contributed by atoms with E-state index >= 15 is 0 Å². The third-order valence-electron chi connectivity index (χ3n) is 3.76. The molecule has 0 bridgehead atoms. The van der Waals surface area contributed by atoms with Crippen molar-refractivity contribution >= 4 is 5.97 Å². The van der Waals surface area contributed by atoms with E-state index in [0.717, 1.165) is 13.8 Å². The minimum absolute atomic E-state index is 0.0946. The maximum atomic E-state index is 13.4. The summed E-state index contributed by atoms with van der Waals surface area (Å²) in [5.41, 5.74) is -1.56. The quantitative estimate of drug-likeness (QED) is 0.362. The predicted molar refractivity (Wildman–Crippen MR) is 65.8 cm³/mol. The van der Waals surface area contributed by atoms with E-state index < -0.39 is 54.0 Å². The van der Waals surface area contributed by atoms with E-state index in [2.05, 4.69) is 4.74 Å². The van der Waals surface area contributed by atoms with Crippen LogP contribution in [0.1, 0.15) is 27.2 Å². The number of hydrogen-bond acceptors (Lipinski definition) is 2. The van der Waals surface area contributed by atoms with E-state index in [1.807, 2.05) is 0 Å². The molecule has 0 saturated carbocycles. The molecule has 0 unspecified atom stereocenters. The third-order valence-corrected chi connectivity index (χ3v) is 3.76. The summed E-state index contributed by atoms with van der Waals surface area (Å²) in [5.74, 6) is -37.4. The molecule has 0 saturated heterocycles. The Morgan fingerprint density at radius 3 is 1.56 bits per heavy atom. The van der Waals surface area contributed by atoms with Gasteiger partial charge in [-0.1, -0.05) is 6.92 Å². The molecule has 162 valence electrons. The molecule has 0 amide bonds. The Balaban J connectivity index is 5.83. The molecule has 0 spiro atoms. The van der Waals surface area contributed by atoms with Crippen molar-refractivity contribution in [2.75, 3.05) is 6.61 Å². The number of alkyl halides is 12. The number of ether oxygens (including phenoxy) is 1. The van der Waals surface area contributed by atoms with Gasteiger partial charge in [-0.3, -0.25) is 4.79 Å². The highest BCUT2D eigenvalue weighted by Gasteiger charge is 2.87. The van der Waals surface area contributed by atoms with Gasteiger partial charge >= 0.3 is 42.0 Å². The molecule has 0 aromatic rings. The van der Waals surface area contributed by atoms with Gasteiger partial charge in [0.25, 0.3) is 0 Å². The van der Waals surface area contributed by atoms with Gasteiger partial charge in [0.1, 0.15) is 0 Å². The predicted octanol–water partition coefficient (Wildman–Crippen LogP) is 5.41. The van der Waals surface area contributed by atoms with Crippen molar-refractivity contribution < 1.29 is 62.2 Å². The van der Waals surface area contributed by atoms with Crippen LogP contribution in [0.15, 0.2) is 0 Å². The first kappa shape index (κ1) is 25.6. The smallest absolute Gasteiger partial charge is 0.384 e. The second-order valence-corrected chi connectivity index (χ2v) is 6.16. The lowest BCUT2D eigenvalue weighted by molar-refractivity contribution is -0.414. The molecule has 0 heterocycles. The largest absolute Gasteiger partial charge is 0.459 e. The number of carbonyl (C=O) groups is 1. The van der Waals surface area contributed by atoms with Crippen LogP contribution in [0.25, 0.3) is 0 Å². The Hall–Kier alpha value is -1.37. The highest BCUT2D eigenvalue weighted by molar-refractivity contribution is 5.75. The van der Waals surface area contributed by atoms with Crippen LogP contribution in [0, 0.1) is 5.41 Å². The first-order chi connectivity index (χ1) is 11.6.